The second-order valence-electron chi connectivity index (χ2n) is 4.56. The van der Waals surface area contributed by atoms with Gasteiger partial charge >= 0.3 is 0 Å². The maximum absolute atomic E-state index is 11.8. The molecule has 0 aliphatic carbocycles. The van der Waals surface area contributed by atoms with E-state index >= 15 is 0 Å². The number of likely N-dealkylation sites (tertiary alicyclic amines) is 1. The maximum Gasteiger partial charge on any atom is 0.236 e. The number of thiocarbonyl (C=S) groups is 1. The molecule has 1 atom stereocenters. The van der Waals surface area contributed by atoms with Gasteiger partial charge in [-0.15, -0.1) is 0 Å². The zero-order valence-electron chi connectivity index (χ0n) is 10.3. The number of aliphatic hydroxyl groups excluding tert-OH is 1. The van der Waals surface area contributed by atoms with Gasteiger partial charge < -0.3 is 15.7 Å². The first-order valence-corrected chi connectivity index (χ1v) is 6.32. The van der Waals surface area contributed by atoms with Crippen LogP contribution in [0.1, 0.15) is 19.3 Å². The number of rotatable bonds is 5. The van der Waals surface area contributed by atoms with Crippen molar-refractivity contribution in [2.24, 2.45) is 5.73 Å². The Balaban J connectivity index is 2.29. The predicted octanol–water partition coefficient (Wildman–Crippen LogP) is -0.422. The minimum Gasteiger partial charge on any atom is -0.393 e. The van der Waals surface area contributed by atoms with E-state index in [-0.39, 0.29) is 12.0 Å². The maximum atomic E-state index is 11.8. The van der Waals surface area contributed by atoms with Crippen LogP contribution in [-0.4, -0.2) is 65.1 Å². The summed E-state index contributed by atoms with van der Waals surface area (Å²) in [4.78, 5) is 15.9. The van der Waals surface area contributed by atoms with Gasteiger partial charge in [0, 0.05) is 26.6 Å². The summed E-state index contributed by atoms with van der Waals surface area (Å²) >= 11 is 4.77. The molecule has 1 saturated heterocycles. The molecule has 0 bridgehead atoms. The molecule has 0 spiro atoms. The zero-order chi connectivity index (χ0) is 12.8. The Labute approximate surface area is 108 Å². The Hall–Kier alpha value is -0.720. The van der Waals surface area contributed by atoms with E-state index in [1.807, 2.05) is 4.90 Å². The molecule has 1 unspecified atom stereocenters. The van der Waals surface area contributed by atoms with Crippen LogP contribution in [0, 0.1) is 0 Å². The van der Waals surface area contributed by atoms with Gasteiger partial charge in [-0.25, -0.2) is 0 Å². The molecule has 1 aliphatic rings. The molecular formula is C11H21N3O2S. The van der Waals surface area contributed by atoms with Gasteiger partial charge in [0.15, 0.2) is 0 Å². The third-order valence-electron chi connectivity index (χ3n) is 2.96. The monoisotopic (exact) mass is 259 g/mol. The lowest BCUT2D eigenvalue weighted by Crippen LogP contribution is -2.45. The number of β-amino-alcohol motifs (C(OH)–C–C–N with tert-alkyl or cyclic N) is 1. The summed E-state index contributed by atoms with van der Waals surface area (Å²) in [5.41, 5.74) is 5.39. The molecule has 1 aliphatic heterocycles. The van der Waals surface area contributed by atoms with E-state index in [0.29, 0.717) is 31.0 Å². The second-order valence-corrected chi connectivity index (χ2v) is 5.09. The van der Waals surface area contributed by atoms with Crippen molar-refractivity contribution in [1.82, 2.24) is 9.80 Å². The third-order valence-corrected chi connectivity index (χ3v) is 3.16. The average molecular weight is 259 g/mol. The van der Waals surface area contributed by atoms with Gasteiger partial charge in [0.25, 0.3) is 0 Å². The number of hydrogen-bond donors (Lipinski definition) is 2. The number of piperidine rings is 1. The number of likely N-dealkylation sites (N-methyl/N-ethyl adjacent to an activating group) is 1. The Morgan fingerprint density at radius 2 is 2.35 bits per heavy atom. The van der Waals surface area contributed by atoms with Gasteiger partial charge in [0.05, 0.1) is 17.6 Å². The van der Waals surface area contributed by atoms with E-state index < -0.39 is 0 Å². The van der Waals surface area contributed by atoms with Crippen molar-refractivity contribution in [3.05, 3.63) is 0 Å². The molecule has 1 rings (SSSR count). The Bertz CT molecular complexity index is 286. The normalized spacial score (nSPS) is 21.2. The van der Waals surface area contributed by atoms with Crippen LogP contribution in [-0.2, 0) is 4.79 Å². The summed E-state index contributed by atoms with van der Waals surface area (Å²) in [5.74, 6) is 0.0513. The van der Waals surface area contributed by atoms with Crippen LogP contribution in [0.2, 0.25) is 0 Å². The fraction of sp³-hybridized carbons (Fsp3) is 0.818. The number of carbonyl (C=O) groups is 1. The summed E-state index contributed by atoms with van der Waals surface area (Å²) in [6, 6.07) is 0. The van der Waals surface area contributed by atoms with Crippen LogP contribution in [0.3, 0.4) is 0 Å². The number of aliphatic hydroxyl groups is 1. The van der Waals surface area contributed by atoms with Crippen molar-refractivity contribution in [2.45, 2.75) is 25.4 Å². The first-order chi connectivity index (χ1) is 7.99. The highest BCUT2D eigenvalue weighted by molar-refractivity contribution is 7.80. The van der Waals surface area contributed by atoms with Crippen LogP contribution < -0.4 is 5.73 Å². The first-order valence-electron chi connectivity index (χ1n) is 5.91. The Kier molecular flexibility index (Phi) is 5.80. The Morgan fingerprint density at radius 3 is 2.94 bits per heavy atom. The van der Waals surface area contributed by atoms with Gasteiger partial charge in [-0.3, -0.25) is 9.69 Å². The molecule has 5 nitrogen and oxygen atoms in total. The molecule has 1 amide bonds. The molecule has 98 valence electrons. The predicted molar refractivity (Wildman–Crippen MR) is 70.7 cm³/mol. The number of hydrogen-bond acceptors (Lipinski definition) is 4. The average Bonchev–Trinajstić information content (AvgIpc) is 2.25. The molecule has 0 saturated carbocycles. The van der Waals surface area contributed by atoms with Crippen LogP contribution in [0.4, 0.5) is 0 Å². The SMILES string of the molecule is CN(CCC(N)=S)C(=O)CN1CCCC(O)C1. The number of nitrogens with two attached hydrogens (primary N) is 1. The quantitative estimate of drug-likeness (QED) is 0.656. The van der Waals surface area contributed by atoms with Crippen molar-refractivity contribution in [3.8, 4) is 0 Å². The molecule has 3 N–H and O–H groups in total. The van der Waals surface area contributed by atoms with Crippen LogP contribution >= 0.6 is 12.2 Å². The van der Waals surface area contributed by atoms with Gasteiger partial charge in [-0.1, -0.05) is 12.2 Å². The highest BCUT2D eigenvalue weighted by Crippen LogP contribution is 2.09. The fourth-order valence-electron chi connectivity index (χ4n) is 1.89. The summed E-state index contributed by atoms with van der Waals surface area (Å²) in [5, 5.41) is 9.51. The first kappa shape index (κ1) is 14.3. The molecular weight excluding hydrogens is 238 g/mol. The summed E-state index contributed by atoms with van der Waals surface area (Å²) < 4.78 is 0. The Morgan fingerprint density at radius 1 is 1.65 bits per heavy atom. The van der Waals surface area contributed by atoms with Crippen molar-refractivity contribution in [1.29, 1.82) is 0 Å². The van der Waals surface area contributed by atoms with E-state index in [0.717, 1.165) is 19.4 Å². The smallest absolute Gasteiger partial charge is 0.236 e. The molecule has 1 fully saturated rings. The molecule has 0 aromatic rings. The lowest BCUT2D eigenvalue weighted by atomic mass is 10.1. The van der Waals surface area contributed by atoms with Crippen molar-refractivity contribution >= 4 is 23.1 Å². The van der Waals surface area contributed by atoms with E-state index in [1.165, 1.54) is 0 Å². The van der Waals surface area contributed by atoms with Gasteiger partial charge in [-0.2, -0.15) is 0 Å². The number of carbonyl (C=O) groups excluding carboxylic acids is 1. The van der Waals surface area contributed by atoms with Gasteiger partial charge in [0.1, 0.15) is 0 Å². The van der Waals surface area contributed by atoms with Crippen molar-refractivity contribution < 1.29 is 9.90 Å². The number of amides is 1. The van der Waals surface area contributed by atoms with E-state index in [9.17, 15) is 9.90 Å². The summed E-state index contributed by atoms with van der Waals surface area (Å²) in [7, 11) is 1.75. The zero-order valence-corrected chi connectivity index (χ0v) is 11.1. The molecule has 0 aromatic heterocycles. The van der Waals surface area contributed by atoms with E-state index in [1.54, 1.807) is 11.9 Å². The molecule has 1 heterocycles. The highest BCUT2D eigenvalue weighted by atomic mass is 32.1. The van der Waals surface area contributed by atoms with E-state index in [4.69, 9.17) is 18.0 Å². The molecule has 0 radical (unpaired) electrons. The third kappa shape index (κ3) is 5.43. The number of nitrogens with zero attached hydrogens (tertiary/aromatic N) is 2. The molecule has 17 heavy (non-hydrogen) atoms. The molecule has 6 heteroatoms. The van der Waals surface area contributed by atoms with Crippen molar-refractivity contribution in [3.63, 3.8) is 0 Å². The minimum absolute atomic E-state index is 0.0513. The standard InChI is InChI=1S/C11H21N3O2S/c1-13(6-4-10(12)17)11(16)8-14-5-2-3-9(15)7-14/h9,15H,2-8H2,1H3,(H2,12,17). The lowest BCUT2D eigenvalue weighted by molar-refractivity contribution is -0.131. The van der Waals surface area contributed by atoms with Crippen molar-refractivity contribution in [2.75, 3.05) is 33.2 Å². The second kappa shape index (κ2) is 6.88. The van der Waals surface area contributed by atoms with Gasteiger partial charge in [-0.05, 0) is 19.4 Å². The van der Waals surface area contributed by atoms with E-state index in [2.05, 4.69) is 0 Å². The topological polar surface area (TPSA) is 69.8 Å². The summed E-state index contributed by atoms with van der Waals surface area (Å²) in [6.45, 7) is 2.40. The molecule has 0 aromatic carbocycles. The summed E-state index contributed by atoms with van der Waals surface area (Å²) in [6.07, 6.45) is 2.05. The largest absolute Gasteiger partial charge is 0.393 e. The lowest BCUT2D eigenvalue weighted by Gasteiger charge is -2.30. The minimum atomic E-state index is -0.293. The van der Waals surface area contributed by atoms with Crippen LogP contribution in [0.25, 0.3) is 0 Å². The highest BCUT2D eigenvalue weighted by Gasteiger charge is 2.20. The fourth-order valence-corrected chi connectivity index (χ4v) is 1.98. The van der Waals surface area contributed by atoms with Crippen LogP contribution in [0.15, 0.2) is 0 Å². The van der Waals surface area contributed by atoms with Crippen LogP contribution in [0.5, 0.6) is 0 Å². The van der Waals surface area contributed by atoms with Gasteiger partial charge in [0.2, 0.25) is 5.91 Å².